The molecule has 200 valence electrons. The molecule has 37 heavy (non-hydrogen) atoms. The van der Waals surface area contributed by atoms with Crippen molar-refractivity contribution in [3.8, 4) is 11.1 Å². The average Bonchev–Trinajstić information content (AvgIpc) is 3.71. The van der Waals surface area contributed by atoms with Crippen LogP contribution in [-0.2, 0) is 11.1 Å². The minimum Gasteiger partial charge on any atom is -0.773 e. The van der Waals surface area contributed by atoms with Gasteiger partial charge in [-0.15, -0.1) is 0 Å². The van der Waals surface area contributed by atoms with Crippen LogP contribution in [0.3, 0.4) is 0 Å². The number of hydrogen-bond donors (Lipinski definition) is 2. The molecule has 3 heterocycles. The zero-order valence-corrected chi connectivity index (χ0v) is 22.3. The van der Waals surface area contributed by atoms with Crippen molar-refractivity contribution >= 4 is 27.8 Å². The van der Waals surface area contributed by atoms with Gasteiger partial charge >= 0.3 is 0 Å². The Bertz CT molecular complexity index is 1230. The molecule has 2 atom stereocenters. The first-order chi connectivity index (χ1) is 17.9. The van der Waals surface area contributed by atoms with Gasteiger partial charge in [-0.3, -0.25) is 9.19 Å². The minimum atomic E-state index is -1.86. The highest BCUT2D eigenvalue weighted by Crippen LogP contribution is 2.47. The summed E-state index contributed by atoms with van der Waals surface area (Å²) in [5.41, 5.74) is 2.43. The molecule has 2 fully saturated rings. The van der Waals surface area contributed by atoms with Crippen LogP contribution in [0.15, 0.2) is 36.7 Å². The second kappa shape index (κ2) is 12.8. The van der Waals surface area contributed by atoms with Crippen molar-refractivity contribution in [3.63, 3.8) is 0 Å². The van der Waals surface area contributed by atoms with E-state index in [9.17, 15) is 4.39 Å². The van der Waals surface area contributed by atoms with Gasteiger partial charge in [-0.2, -0.15) is 0 Å². The van der Waals surface area contributed by atoms with Crippen LogP contribution in [-0.4, -0.2) is 44.1 Å². The molecule has 2 aliphatic rings. The van der Waals surface area contributed by atoms with Crippen molar-refractivity contribution in [2.24, 2.45) is 5.92 Å². The highest BCUT2D eigenvalue weighted by Gasteiger charge is 2.33. The summed E-state index contributed by atoms with van der Waals surface area (Å²) in [4.78, 5) is 8.58. The molecule has 0 bridgehead atoms. The summed E-state index contributed by atoms with van der Waals surface area (Å²) < 4.78 is 48.1. The normalized spacial score (nSPS) is 17.6. The van der Waals surface area contributed by atoms with E-state index in [1.807, 2.05) is 12.1 Å². The third kappa shape index (κ3) is 7.30. The molecule has 1 saturated carbocycles. The summed E-state index contributed by atoms with van der Waals surface area (Å²) in [6, 6.07) is 7.39. The molecule has 6 nitrogen and oxygen atoms in total. The second-order valence-corrected chi connectivity index (χ2v) is 10.8. The average molecular weight is 530 g/mol. The number of rotatable bonds is 8. The lowest BCUT2D eigenvalue weighted by Gasteiger charge is -2.24. The Morgan fingerprint density at radius 3 is 2.54 bits per heavy atom. The van der Waals surface area contributed by atoms with E-state index >= 15 is 4.39 Å². The molecule has 3 aromatic rings. The molecule has 2 N–H and O–H groups in total. The number of nitrogens with zero attached hydrogens (tertiary/aromatic N) is 2. The number of nitrogens with one attached hydrogen (secondary N) is 2. The first kappa shape index (κ1) is 27.5. The number of piperidine rings is 1. The van der Waals surface area contributed by atoms with Crippen LogP contribution in [0.25, 0.3) is 22.0 Å². The molecule has 9 heteroatoms. The van der Waals surface area contributed by atoms with Gasteiger partial charge in [0.25, 0.3) is 0 Å². The van der Waals surface area contributed by atoms with Crippen LogP contribution in [0.2, 0.25) is 0 Å². The van der Waals surface area contributed by atoms with Crippen molar-refractivity contribution in [1.82, 2.24) is 15.3 Å². The minimum absolute atomic E-state index is 0.305. The maximum absolute atomic E-state index is 15.2. The van der Waals surface area contributed by atoms with Crippen LogP contribution in [0.1, 0.15) is 63.4 Å². The largest absolute Gasteiger partial charge is 0.773 e. The Kier molecular flexibility index (Phi) is 9.56. The number of pyridine rings is 2. The van der Waals surface area contributed by atoms with Gasteiger partial charge in [-0.05, 0) is 98.7 Å². The predicted octanol–water partition coefficient (Wildman–Crippen LogP) is 5.92. The maximum atomic E-state index is 15.2. The van der Waals surface area contributed by atoms with Gasteiger partial charge in [-0.25, -0.2) is 13.8 Å². The molecular weight excluding hydrogens is 494 g/mol. The van der Waals surface area contributed by atoms with E-state index in [2.05, 4.69) is 27.5 Å². The Balaban J connectivity index is 0.000000747. The SMILES string of the molecule is CCCCC(c1ccnc2c(F)cc(-c3cc(NC4CCNCC4)ncc3F)cc12)C1CC1.CS(=O)[O-]. The lowest BCUT2D eigenvalue weighted by Crippen LogP contribution is -2.35. The van der Waals surface area contributed by atoms with E-state index in [0.29, 0.717) is 40.3 Å². The summed E-state index contributed by atoms with van der Waals surface area (Å²) in [6.07, 6.45) is 11.9. The molecular formula is C28H35F2N4O2S-. The fourth-order valence-corrected chi connectivity index (χ4v) is 5.19. The van der Waals surface area contributed by atoms with Crippen LogP contribution in [0.4, 0.5) is 14.6 Å². The summed E-state index contributed by atoms with van der Waals surface area (Å²) >= 11 is -1.86. The van der Waals surface area contributed by atoms with Crippen LogP contribution in [0, 0.1) is 17.6 Å². The molecule has 0 spiro atoms. The molecule has 2 aromatic heterocycles. The van der Waals surface area contributed by atoms with E-state index in [4.69, 9.17) is 8.76 Å². The van der Waals surface area contributed by atoms with Crippen LogP contribution < -0.4 is 10.6 Å². The highest BCUT2D eigenvalue weighted by molar-refractivity contribution is 7.78. The fraction of sp³-hybridized carbons (Fsp3) is 0.500. The predicted molar refractivity (Wildman–Crippen MR) is 144 cm³/mol. The third-order valence-corrected chi connectivity index (χ3v) is 7.15. The third-order valence-electron chi connectivity index (χ3n) is 7.15. The summed E-state index contributed by atoms with van der Waals surface area (Å²) in [7, 11) is 0. The number of anilines is 1. The smallest absolute Gasteiger partial charge is 0.150 e. The zero-order valence-electron chi connectivity index (χ0n) is 21.4. The summed E-state index contributed by atoms with van der Waals surface area (Å²) in [6.45, 7) is 4.11. The zero-order chi connectivity index (χ0) is 26.4. The first-order valence-electron chi connectivity index (χ1n) is 13.1. The topological polar surface area (TPSA) is 90.0 Å². The fourth-order valence-electron chi connectivity index (χ4n) is 5.19. The first-order valence-corrected chi connectivity index (χ1v) is 14.6. The molecule has 1 aliphatic heterocycles. The number of unbranched alkanes of at least 4 members (excludes halogenated alkanes) is 1. The number of hydrogen-bond acceptors (Lipinski definition) is 6. The highest BCUT2D eigenvalue weighted by atomic mass is 32.2. The molecule has 5 rings (SSSR count). The van der Waals surface area contributed by atoms with E-state index in [-0.39, 0.29) is 0 Å². The molecule has 0 radical (unpaired) electrons. The lowest BCUT2D eigenvalue weighted by molar-refractivity contribution is 0.478. The number of halogens is 2. The van der Waals surface area contributed by atoms with Gasteiger partial charge in [0.1, 0.15) is 23.0 Å². The van der Waals surface area contributed by atoms with E-state index in [1.54, 1.807) is 12.3 Å². The molecule has 2 unspecified atom stereocenters. The van der Waals surface area contributed by atoms with Crippen molar-refractivity contribution in [2.45, 2.75) is 63.8 Å². The molecule has 1 saturated heterocycles. The van der Waals surface area contributed by atoms with E-state index in [0.717, 1.165) is 62.4 Å². The van der Waals surface area contributed by atoms with Gasteiger partial charge < -0.3 is 15.2 Å². The van der Waals surface area contributed by atoms with Gasteiger partial charge in [-0.1, -0.05) is 30.8 Å². The van der Waals surface area contributed by atoms with Gasteiger partial charge in [0.2, 0.25) is 0 Å². The summed E-state index contributed by atoms with van der Waals surface area (Å²) in [5.74, 6) is 0.846. The number of benzene rings is 1. The standard InChI is InChI=1S/C27H32F2N4.CH4O2S/c1-2-3-4-20(17-5-6-17)21-9-12-31-27-23(21)13-18(14-24(27)28)22-15-26(32-16-25(22)29)33-19-7-10-30-11-8-19;1-4(2)3/h9,12-17,19-20,30H,2-8,10-11H2,1H3,(H,32,33);1H3,(H,2,3)/p-1. The van der Waals surface area contributed by atoms with Crippen molar-refractivity contribution in [2.75, 3.05) is 24.7 Å². The Morgan fingerprint density at radius 1 is 1.14 bits per heavy atom. The monoisotopic (exact) mass is 529 g/mol. The molecule has 1 aromatic carbocycles. The van der Waals surface area contributed by atoms with Gasteiger partial charge in [0.05, 0.1) is 6.20 Å². The Labute approximate surface area is 220 Å². The number of fused-ring (bicyclic) bond motifs is 1. The van der Waals surface area contributed by atoms with E-state index in [1.165, 1.54) is 25.1 Å². The van der Waals surface area contributed by atoms with Crippen molar-refractivity contribution < 1.29 is 17.5 Å². The van der Waals surface area contributed by atoms with Gasteiger partial charge in [0.15, 0.2) is 0 Å². The number of aromatic nitrogens is 2. The Hall–Kier alpha value is -2.49. The summed E-state index contributed by atoms with van der Waals surface area (Å²) in [5, 5.41) is 7.57. The Morgan fingerprint density at radius 2 is 1.86 bits per heavy atom. The second-order valence-electron chi connectivity index (χ2n) is 9.96. The van der Waals surface area contributed by atoms with Crippen LogP contribution >= 0.6 is 0 Å². The van der Waals surface area contributed by atoms with Crippen LogP contribution in [0.5, 0.6) is 0 Å². The van der Waals surface area contributed by atoms with E-state index < -0.39 is 22.7 Å². The van der Waals surface area contributed by atoms with Crippen molar-refractivity contribution in [3.05, 3.63) is 53.9 Å². The quantitative estimate of drug-likeness (QED) is 0.352. The molecule has 0 amide bonds. The van der Waals surface area contributed by atoms with Gasteiger partial charge in [0, 0.05) is 23.2 Å². The van der Waals surface area contributed by atoms with Crippen molar-refractivity contribution in [1.29, 1.82) is 0 Å². The lowest BCUT2D eigenvalue weighted by atomic mass is 9.86. The molecule has 1 aliphatic carbocycles. The maximum Gasteiger partial charge on any atom is 0.150 e.